The van der Waals surface area contributed by atoms with E-state index in [1.54, 1.807) is 16.2 Å². The maximum Gasteiger partial charge on any atom is 0.338 e. The van der Waals surface area contributed by atoms with E-state index in [0.717, 1.165) is 17.7 Å². The molecule has 1 saturated heterocycles. The van der Waals surface area contributed by atoms with E-state index in [2.05, 4.69) is 0 Å². The first kappa shape index (κ1) is 20.0. The van der Waals surface area contributed by atoms with E-state index in [9.17, 15) is 9.59 Å². The van der Waals surface area contributed by atoms with Crippen molar-refractivity contribution < 1.29 is 28.5 Å². The topological polar surface area (TPSA) is 74.3 Å². The second-order valence-corrected chi connectivity index (χ2v) is 7.23. The second kappa shape index (κ2) is 8.97. The highest BCUT2D eigenvalue weighted by Gasteiger charge is 2.31. The van der Waals surface area contributed by atoms with Gasteiger partial charge >= 0.3 is 5.97 Å². The van der Waals surface area contributed by atoms with Crippen LogP contribution in [0.15, 0.2) is 29.6 Å². The minimum atomic E-state index is -0.625. The summed E-state index contributed by atoms with van der Waals surface area (Å²) in [5.74, 6) is 0.250. The van der Waals surface area contributed by atoms with Crippen molar-refractivity contribution in [3.63, 3.8) is 0 Å². The molecule has 1 aliphatic heterocycles. The lowest BCUT2D eigenvalue weighted by Crippen LogP contribution is -2.34. The Hall–Kier alpha value is -2.74. The molecule has 28 heavy (non-hydrogen) atoms. The van der Waals surface area contributed by atoms with Crippen LogP contribution in [0.1, 0.15) is 34.1 Å². The summed E-state index contributed by atoms with van der Waals surface area (Å²) in [6.45, 7) is 0.362. The SMILES string of the molecule is COc1cc(C(=O)OCC(=O)N2CCCC2c2cccs2)cc(OC)c1OC. The molecule has 2 heterocycles. The van der Waals surface area contributed by atoms with Gasteiger partial charge in [0.15, 0.2) is 18.1 Å². The van der Waals surface area contributed by atoms with Crippen LogP contribution in [0, 0.1) is 0 Å². The van der Waals surface area contributed by atoms with Crippen LogP contribution >= 0.6 is 11.3 Å². The molecule has 0 bridgehead atoms. The maximum atomic E-state index is 12.6. The zero-order valence-electron chi connectivity index (χ0n) is 16.1. The van der Waals surface area contributed by atoms with Crippen molar-refractivity contribution in [3.05, 3.63) is 40.1 Å². The molecule has 2 aromatic rings. The van der Waals surface area contributed by atoms with E-state index in [0.29, 0.717) is 23.8 Å². The lowest BCUT2D eigenvalue weighted by atomic mass is 10.2. The molecule has 8 heteroatoms. The van der Waals surface area contributed by atoms with E-state index in [1.165, 1.54) is 33.5 Å². The summed E-state index contributed by atoms with van der Waals surface area (Å²) in [6.07, 6.45) is 1.86. The predicted octanol–water partition coefficient (Wildman–Crippen LogP) is 3.29. The molecule has 0 radical (unpaired) electrons. The zero-order valence-corrected chi connectivity index (χ0v) is 16.9. The van der Waals surface area contributed by atoms with Gasteiger partial charge in [-0.2, -0.15) is 0 Å². The third-order valence-corrected chi connectivity index (χ3v) is 5.65. The number of methoxy groups -OCH3 is 3. The molecule has 0 aliphatic carbocycles. The van der Waals surface area contributed by atoms with Gasteiger partial charge < -0.3 is 23.8 Å². The van der Waals surface area contributed by atoms with Crippen LogP contribution in [0.5, 0.6) is 17.2 Å². The van der Waals surface area contributed by atoms with E-state index in [4.69, 9.17) is 18.9 Å². The fraction of sp³-hybridized carbons (Fsp3) is 0.400. The summed E-state index contributed by atoms with van der Waals surface area (Å²) in [4.78, 5) is 28.0. The second-order valence-electron chi connectivity index (χ2n) is 6.25. The number of esters is 1. The van der Waals surface area contributed by atoms with Gasteiger partial charge in [-0.15, -0.1) is 11.3 Å². The Morgan fingerprint density at radius 1 is 1.14 bits per heavy atom. The average Bonchev–Trinajstić information content (AvgIpc) is 3.41. The van der Waals surface area contributed by atoms with E-state index in [-0.39, 0.29) is 24.1 Å². The number of likely N-dealkylation sites (tertiary alicyclic amines) is 1. The Kier molecular flexibility index (Phi) is 6.41. The molecule has 0 saturated carbocycles. The lowest BCUT2D eigenvalue weighted by molar-refractivity contribution is -0.135. The summed E-state index contributed by atoms with van der Waals surface area (Å²) < 4.78 is 21.0. The van der Waals surface area contributed by atoms with Crippen LogP contribution in [0.3, 0.4) is 0 Å². The Bertz CT molecular complexity index is 810. The van der Waals surface area contributed by atoms with Gasteiger partial charge in [0.25, 0.3) is 5.91 Å². The van der Waals surface area contributed by atoms with Crippen LogP contribution in [0.2, 0.25) is 0 Å². The molecule has 1 aromatic heterocycles. The first-order valence-corrected chi connectivity index (χ1v) is 9.77. The Balaban J connectivity index is 1.67. The van der Waals surface area contributed by atoms with Gasteiger partial charge in [-0.25, -0.2) is 4.79 Å². The number of hydrogen-bond donors (Lipinski definition) is 0. The first-order chi connectivity index (χ1) is 13.6. The third-order valence-electron chi connectivity index (χ3n) is 4.67. The first-order valence-electron chi connectivity index (χ1n) is 8.89. The van der Waals surface area contributed by atoms with Gasteiger partial charge in [0.1, 0.15) is 0 Å². The standard InChI is InChI=1S/C20H23NO6S/c1-24-15-10-13(11-16(25-2)19(15)26-3)20(23)27-12-18(22)21-8-4-6-14(21)17-7-5-9-28-17/h5,7,9-11,14H,4,6,8,12H2,1-3H3. The smallest absolute Gasteiger partial charge is 0.338 e. The normalized spacial score (nSPS) is 16.0. The number of amides is 1. The van der Waals surface area contributed by atoms with Crippen molar-refractivity contribution in [1.29, 1.82) is 0 Å². The van der Waals surface area contributed by atoms with Crippen LogP contribution < -0.4 is 14.2 Å². The number of thiophene rings is 1. The van der Waals surface area contributed by atoms with Crippen molar-refractivity contribution in [2.24, 2.45) is 0 Å². The number of ether oxygens (including phenoxy) is 4. The third kappa shape index (κ3) is 4.06. The summed E-state index contributed by atoms with van der Waals surface area (Å²) in [6, 6.07) is 7.07. The molecule has 1 amide bonds. The zero-order chi connectivity index (χ0) is 20.1. The fourth-order valence-corrected chi connectivity index (χ4v) is 4.21. The van der Waals surface area contributed by atoms with Crippen LogP contribution in [0.25, 0.3) is 0 Å². The molecule has 1 aromatic carbocycles. The predicted molar refractivity (Wildman–Crippen MR) is 104 cm³/mol. The highest BCUT2D eigenvalue weighted by Crippen LogP contribution is 2.38. The van der Waals surface area contributed by atoms with Gasteiger partial charge in [-0.3, -0.25) is 4.79 Å². The van der Waals surface area contributed by atoms with Crippen LogP contribution in [0.4, 0.5) is 0 Å². The number of hydrogen-bond acceptors (Lipinski definition) is 7. The van der Waals surface area contributed by atoms with Crippen LogP contribution in [-0.2, 0) is 9.53 Å². The van der Waals surface area contributed by atoms with Gasteiger partial charge in [0, 0.05) is 11.4 Å². The minimum absolute atomic E-state index is 0.0624. The highest BCUT2D eigenvalue weighted by molar-refractivity contribution is 7.10. The van der Waals surface area contributed by atoms with Crippen LogP contribution in [-0.4, -0.2) is 51.3 Å². The largest absolute Gasteiger partial charge is 0.493 e. The summed E-state index contributed by atoms with van der Waals surface area (Å²) in [5, 5.41) is 2.00. The van der Waals surface area contributed by atoms with Gasteiger partial charge in [0.2, 0.25) is 5.75 Å². The molecule has 7 nitrogen and oxygen atoms in total. The Labute approximate surface area is 167 Å². The monoisotopic (exact) mass is 405 g/mol. The van der Waals surface area contributed by atoms with Crippen molar-refractivity contribution >= 4 is 23.2 Å². The lowest BCUT2D eigenvalue weighted by Gasteiger charge is -2.23. The molecular weight excluding hydrogens is 382 g/mol. The summed E-state index contributed by atoms with van der Waals surface area (Å²) >= 11 is 1.63. The average molecular weight is 405 g/mol. The van der Waals surface area contributed by atoms with E-state index < -0.39 is 5.97 Å². The van der Waals surface area contributed by atoms with E-state index in [1.807, 2.05) is 17.5 Å². The molecule has 3 rings (SSSR count). The minimum Gasteiger partial charge on any atom is -0.493 e. The number of benzene rings is 1. The molecule has 0 N–H and O–H groups in total. The molecule has 150 valence electrons. The number of carbonyl (C=O) groups is 2. The maximum absolute atomic E-state index is 12.6. The Morgan fingerprint density at radius 2 is 1.86 bits per heavy atom. The molecule has 1 fully saturated rings. The number of rotatable bonds is 7. The van der Waals surface area contributed by atoms with Gasteiger partial charge in [-0.05, 0) is 36.4 Å². The van der Waals surface area contributed by atoms with Crippen molar-refractivity contribution in [2.75, 3.05) is 34.5 Å². The molecular formula is C20H23NO6S. The molecule has 1 atom stereocenters. The van der Waals surface area contributed by atoms with Crippen molar-refractivity contribution in [1.82, 2.24) is 4.90 Å². The number of nitrogens with zero attached hydrogens (tertiary/aromatic N) is 1. The quantitative estimate of drug-likeness (QED) is 0.658. The summed E-state index contributed by atoms with van der Waals surface area (Å²) in [7, 11) is 4.42. The van der Waals surface area contributed by atoms with Gasteiger partial charge in [0.05, 0.1) is 32.9 Å². The molecule has 1 unspecified atom stereocenters. The Morgan fingerprint density at radius 3 is 2.43 bits per heavy atom. The van der Waals surface area contributed by atoms with E-state index >= 15 is 0 Å². The highest BCUT2D eigenvalue weighted by atomic mass is 32.1. The molecule has 1 aliphatic rings. The van der Waals surface area contributed by atoms with Gasteiger partial charge in [-0.1, -0.05) is 6.07 Å². The number of carbonyl (C=O) groups excluding carboxylic acids is 2. The van der Waals surface area contributed by atoms with Crippen molar-refractivity contribution in [3.8, 4) is 17.2 Å². The fourth-order valence-electron chi connectivity index (χ4n) is 3.33. The van der Waals surface area contributed by atoms with Crippen molar-refractivity contribution in [2.45, 2.75) is 18.9 Å². The molecule has 0 spiro atoms. The summed E-state index contributed by atoms with van der Waals surface area (Å²) in [5.41, 5.74) is 0.221.